The Labute approximate surface area is 228 Å². The van der Waals surface area contributed by atoms with Gasteiger partial charge < -0.3 is 24.4 Å². The van der Waals surface area contributed by atoms with E-state index < -0.39 is 59.1 Å². The van der Waals surface area contributed by atoms with Crippen LogP contribution in [0.1, 0.15) is 37.0 Å². The summed E-state index contributed by atoms with van der Waals surface area (Å²) in [4.78, 5) is 47.0. The first-order valence-corrected chi connectivity index (χ1v) is 12.3. The third-order valence-electron chi connectivity index (χ3n) is 5.64. The number of benzene rings is 2. The zero-order valence-corrected chi connectivity index (χ0v) is 22.1. The summed E-state index contributed by atoms with van der Waals surface area (Å²) in [7, 11) is 1.03. The van der Waals surface area contributed by atoms with Crippen LogP contribution in [0.15, 0.2) is 36.5 Å². The number of rotatable bonds is 12. The van der Waals surface area contributed by atoms with E-state index >= 15 is 8.78 Å². The van der Waals surface area contributed by atoms with Gasteiger partial charge in [0.05, 0.1) is 49.3 Å². The Hall–Kier alpha value is -4.86. The van der Waals surface area contributed by atoms with Crippen LogP contribution >= 0.6 is 0 Å². The SMILES string of the molecule is CCOC(=O)CCC(NC(=O)c1c(F)cc(N(CC#N)c2cnc3ccccc3n2)c(F)c1OC)C(=O)OCC. The fourth-order valence-corrected chi connectivity index (χ4v) is 3.85. The monoisotopic (exact) mass is 555 g/mol. The number of nitrogens with zero attached hydrogens (tertiary/aromatic N) is 4. The lowest BCUT2D eigenvalue weighted by atomic mass is 10.1. The van der Waals surface area contributed by atoms with Crippen molar-refractivity contribution < 1.29 is 37.4 Å². The van der Waals surface area contributed by atoms with Crippen molar-refractivity contribution in [1.29, 1.82) is 5.26 Å². The van der Waals surface area contributed by atoms with Crippen molar-refractivity contribution in [2.24, 2.45) is 0 Å². The van der Waals surface area contributed by atoms with Gasteiger partial charge in [0.15, 0.2) is 17.4 Å². The lowest BCUT2D eigenvalue weighted by Gasteiger charge is -2.24. The molecule has 0 bridgehead atoms. The van der Waals surface area contributed by atoms with E-state index in [-0.39, 0.29) is 31.9 Å². The highest BCUT2D eigenvalue weighted by molar-refractivity contribution is 6.00. The minimum Gasteiger partial charge on any atom is -0.493 e. The largest absolute Gasteiger partial charge is 0.493 e. The molecule has 1 heterocycles. The molecule has 0 radical (unpaired) electrons. The van der Waals surface area contributed by atoms with E-state index in [0.717, 1.165) is 18.1 Å². The number of nitrogens with one attached hydrogen (secondary N) is 1. The maximum atomic E-state index is 15.8. The third-order valence-corrected chi connectivity index (χ3v) is 5.64. The van der Waals surface area contributed by atoms with Crippen molar-refractivity contribution in [2.75, 3.05) is 31.8 Å². The molecule has 40 heavy (non-hydrogen) atoms. The summed E-state index contributed by atoms with van der Waals surface area (Å²) in [6.07, 6.45) is 0.864. The standard InChI is InChI=1S/C27H27F2N5O6/c1-4-39-22(35)11-10-19(27(37)40-5-2)33-26(36)23-16(28)14-20(24(29)25(23)38-3)34(13-12-30)21-15-31-17-8-6-7-9-18(17)32-21/h6-9,14-15,19H,4-5,10-11,13H2,1-3H3,(H,33,36). The second kappa shape index (κ2) is 13.8. The number of carbonyl (C=O) groups excluding carboxylic acids is 3. The van der Waals surface area contributed by atoms with Gasteiger partial charge in [0.1, 0.15) is 24.0 Å². The number of ether oxygens (including phenoxy) is 3. The van der Waals surface area contributed by atoms with Crippen molar-refractivity contribution >= 4 is 40.4 Å². The Morgan fingerprint density at radius 2 is 1.82 bits per heavy atom. The van der Waals surface area contributed by atoms with Crippen LogP contribution in [-0.4, -0.2) is 60.7 Å². The number of hydrogen-bond acceptors (Lipinski definition) is 10. The van der Waals surface area contributed by atoms with E-state index in [1.807, 2.05) is 6.07 Å². The molecule has 0 aliphatic rings. The summed E-state index contributed by atoms with van der Waals surface area (Å²) in [6, 6.07) is 8.11. The van der Waals surface area contributed by atoms with Crippen LogP contribution in [0.25, 0.3) is 11.0 Å². The molecule has 0 aliphatic carbocycles. The number of fused-ring (bicyclic) bond motifs is 1. The van der Waals surface area contributed by atoms with E-state index in [4.69, 9.17) is 14.2 Å². The molecule has 1 N–H and O–H groups in total. The maximum Gasteiger partial charge on any atom is 0.328 e. The highest BCUT2D eigenvalue weighted by Gasteiger charge is 2.31. The number of anilines is 2. The van der Waals surface area contributed by atoms with E-state index in [2.05, 4.69) is 15.3 Å². The minimum atomic E-state index is -1.35. The van der Waals surface area contributed by atoms with Gasteiger partial charge in [-0.15, -0.1) is 0 Å². The van der Waals surface area contributed by atoms with Gasteiger partial charge in [-0.1, -0.05) is 12.1 Å². The summed E-state index contributed by atoms with van der Waals surface area (Å²) in [5.41, 5.74) is -0.241. The van der Waals surface area contributed by atoms with E-state index in [1.165, 1.54) is 6.20 Å². The average molecular weight is 556 g/mol. The minimum absolute atomic E-state index is 0.0159. The van der Waals surface area contributed by atoms with Crippen LogP contribution in [0.4, 0.5) is 20.3 Å². The van der Waals surface area contributed by atoms with Crippen LogP contribution in [0.3, 0.4) is 0 Å². The first-order chi connectivity index (χ1) is 19.2. The summed E-state index contributed by atoms with van der Waals surface area (Å²) >= 11 is 0. The fraction of sp³-hybridized carbons (Fsp3) is 0.333. The molecule has 1 aromatic heterocycles. The van der Waals surface area contributed by atoms with Crippen LogP contribution in [0.5, 0.6) is 5.75 Å². The molecule has 0 fully saturated rings. The van der Waals surface area contributed by atoms with Gasteiger partial charge in [-0.05, 0) is 32.4 Å². The molecule has 0 saturated carbocycles. The molecule has 1 unspecified atom stereocenters. The highest BCUT2D eigenvalue weighted by atomic mass is 19.1. The first kappa shape index (κ1) is 29.7. The zero-order valence-electron chi connectivity index (χ0n) is 22.1. The van der Waals surface area contributed by atoms with Gasteiger partial charge >= 0.3 is 11.9 Å². The maximum absolute atomic E-state index is 15.8. The fourth-order valence-electron chi connectivity index (χ4n) is 3.85. The lowest BCUT2D eigenvalue weighted by Crippen LogP contribution is -2.42. The van der Waals surface area contributed by atoms with Gasteiger partial charge in [-0.3, -0.25) is 14.6 Å². The third kappa shape index (κ3) is 6.76. The predicted octanol–water partition coefficient (Wildman–Crippen LogP) is 3.58. The first-order valence-electron chi connectivity index (χ1n) is 12.3. The molecule has 0 spiro atoms. The number of para-hydroxylation sites is 2. The molecule has 11 nitrogen and oxygen atoms in total. The van der Waals surface area contributed by atoms with Gasteiger partial charge in [0.2, 0.25) is 0 Å². The van der Waals surface area contributed by atoms with Crippen molar-refractivity contribution in [2.45, 2.75) is 32.7 Å². The van der Waals surface area contributed by atoms with E-state index in [0.29, 0.717) is 11.0 Å². The molecule has 1 atom stereocenters. The van der Waals surface area contributed by atoms with Gasteiger partial charge in [0, 0.05) is 12.5 Å². The lowest BCUT2D eigenvalue weighted by molar-refractivity contribution is -0.146. The summed E-state index contributed by atoms with van der Waals surface area (Å²) in [5.74, 6) is -5.73. The van der Waals surface area contributed by atoms with Crippen molar-refractivity contribution in [3.8, 4) is 11.8 Å². The van der Waals surface area contributed by atoms with Crippen molar-refractivity contribution in [3.63, 3.8) is 0 Å². The summed E-state index contributed by atoms with van der Waals surface area (Å²) in [6.45, 7) is 2.83. The Kier molecular flexibility index (Phi) is 10.2. The normalized spacial score (nSPS) is 11.3. The average Bonchev–Trinajstić information content (AvgIpc) is 2.94. The molecular formula is C27H27F2N5O6. The van der Waals surface area contributed by atoms with Crippen LogP contribution in [-0.2, 0) is 19.1 Å². The second-order valence-electron chi connectivity index (χ2n) is 8.18. The van der Waals surface area contributed by atoms with Gasteiger partial charge in [0.25, 0.3) is 5.91 Å². The number of methoxy groups -OCH3 is 1. The number of amides is 1. The molecule has 210 valence electrons. The molecule has 1 amide bonds. The quantitative estimate of drug-likeness (QED) is 0.260. The number of halogens is 2. The summed E-state index contributed by atoms with van der Waals surface area (Å²) < 4.78 is 46.1. The van der Waals surface area contributed by atoms with Crippen LogP contribution < -0.4 is 15.0 Å². The smallest absolute Gasteiger partial charge is 0.328 e. The topological polar surface area (TPSA) is 144 Å². The van der Waals surface area contributed by atoms with E-state index in [1.54, 1.807) is 38.1 Å². The number of hydrogen-bond donors (Lipinski definition) is 1. The predicted molar refractivity (Wildman–Crippen MR) is 139 cm³/mol. The highest BCUT2D eigenvalue weighted by Crippen LogP contribution is 2.36. The Morgan fingerprint density at radius 1 is 1.12 bits per heavy atom. The molecule has 0 aliphatic heterocycles. The Morgan fingerprint density at radius 3 is 2.48 bits per heavy atom. The van der Waals surface area contributed by atoms with E-state index in [9.17, 15) is 19.6 Å². The molecule has 2 aromatic carbocycles. The molecule has 0 saturated heterocycles. The molecule has 3 rings (SSSR count). The van der Waals surface area contributed by atoms with Gasteiger partial charge in [-0.25, -0.2) is 18.6 Å². The summed E-state index contributed by atoms with van der Waals surface area (Å²) in [5, 5.41) is 11.7. The number of nitriles is 1. The van der Waals surface area contributed by atoms with Crippen molar-refractivity contribution in [1.82, 2.24) is 15.3 Å². The molecule has 13 heteroatoms. The van der Waals surface area contributed by atoms with Gasteiger partial charge in [-0.2, -0.15) is 5.26 Å². The number of esters is 2. The molecule has 3 aromatic rings. The Balaban J connectivity index is 1.99. The molecular weight excluding hydrogens is 528 g/mol. The second-order valence-corrected chi connectivity index (χ2v) is 8.18. The van der Waals surface area contributed by atoms with Crippen molar-refractivity contribution in [3.05, 3.63) is 53.7 Å². The van der Waals surface area contributed by atoms with Crippen LogP contribution in [0.2, 0.25) is 0 Å². The Bertz CT molecular complexity index is 1440. The number of carbonyl (C=O) groups is 3. The zero-order chi connectivity index (χ0) is 29.2. The van der Waals surface area contributed by atoms with Crippen LogP contribution in [0, 0.1) is 23.0 Å². The number of aromatic nitrogens is 2.